The van der Waals surface area contributed by atoms with Crippen LogP contribution in [0, 0.1) is 0 Å². The number of amides is 3. The van der Waals surface area contributed by atoms with Gasteiger partial charge in [0.1, 0.15) is 5.82 Å². The Morgan fingerprint density at radius 2 is 1.78 bits per heavy atom. The Kier molecular flexibility index (Phi) is 6.46. The van der Waals surface area contributed by atoms with Crippen LogP contribution < -0.4 is 20.9 Å². The third-order valence-corrected chi connectivity index (χ3v) is 5.95. The van der Waals surface area contributed by atoms with Crippen molar-refractivity contribution in [3.8, 4) is 11.1 Å². The average molecular weight is 486 g/mol. The van der Waals surface area contributed by atoms with E-state index < -0.39 is 0 Å². The molecule has 1 aliphatic heterocycles. The van der Waals surface area contributed by atoms with Gasteiger partial charge in [-0.2, -0.15) is 5.10 Å². The zero-order valence-corrected chi connectivity index (χ0v) is 20.1. The summed E-state index contributed by atoms with van der Waals surface area (Å²) in [6, 6.07) is 11.0. The molecule has 4 heterocycles. The van der Waals surface area contributed by atoms with E-state index >= 15 is 0 Å². The molecular weight excluding hydrogens is 458 g/mol. The van der Waals surface area contributed by atoms with Crippen molar-refractivity contribution < 1.29 is 9.59 Å². The van der Waals surface area contributed by atoms with Crippen molar-refractivity contribution in [2.75, 3.05) is 55.8 Å². The minimum Gasteiger partial charge on any atom is -0.354 e. The predicted octanol–water partition coefficient (Wildman–Crippen LogP) is 2.78. The fourth-order valence-corrected chi connectivity index (χ4v) is 4.00. The van der Waals surface area contributed by atoms with Gasteiger partial charge in [-0.3, -0.25) is 14.9 Å². The molecule has 1 aliphatic rings. The smallest absolute Gasteiger partial charge is 0.321 e. The summed E-state index contributed by atoms with van der Waals surface area (Å²) < 4.78 is 0. The van der Waals surface area contributed by atoms with Crippen molar-refractivity contribution in [3.05, 3.63) is 60.7 Å². The van der Waals surface area contributed by atoms with Gasteiger partial charge in [-0.1, -0.05) is 6.07 Å². The number of benzene rings is 1. The normalized spacial score (nSPS) is 13.4. The molecule has 4 N–H and O–H groups in total. The third kappa shape index (κ3) is 4.96. The Bertz CT molecular complexity index is 1390. The van der Waals surface area contributed by atoms with E-state index in [9.17, 15) is 9.59 Å². The number of hydrogen-bond donors (Lipinski definition) is 4. The Morgan fingerprint density at radius 3 is 2.53 bits per heavy atom. The van der Waals surface area contributed by atoms with Crippen molar-refractivity contribution in [1.82, 2.24) is 30.4 Å². The zero-order valence-electron chi connectivity index (χ0n) is 20.1. The molecule has 0 aliphatic carbocycles. The fraction of sp³-hybridized carbons (Fsp3) is 0.240. The molecule has 0 atom stereocenters. The number of pyridine rings is 2. The van der Waals surface area contributed by atoms with Crippen LogP contribution in [0.1, 0.15) is 10.5 Å². The summed E-state index contributed by atoms with van der Waals surface area (Å²) in [4.78, 5) is 37.5. The predicted molar refractivity (Wildman–Crippen MR) is 139 cm³/mol. The maximum Gasteiger partial charge on any atom is 0.321 e. The number of fused-ring (bicyclic) bond motifs is 1. The molecule has 0 saturated carbocycles. The fourth-order valence-electron chi connectivity index (χ4n) is 4.00. The number of anilines is 3. The monoisotopic (exact) mass is 485 g/mol. The minimum absolute atomic E-state index is 0.242. The second-order valence-corrected chi connectivity index (χ2v) is 8.72. The number of urea groups is 1. The molecule has 0 radical (unpaired) electrons. The zero-order chi connectivity index (χ0) is 25.1. The van der Waals surface area contributed by atoms with Crippen molar-refractivity contribution >= 4 is 40.0 Å². The highest BCUT2D eigenvalue weighted by Gasteiger charge is 2.17. The Labute approximate surface area is 207 Å². The number of nitrogens with one attached hydrogen (secondary N) is 4. The van der Waals surface area contributed by atoms with Gasteiger partial charge >= 0.3 is 6.03 Å². The molecule has 1 saturated heterocycles. The summed E-state index contributed by atoms with van der Waals surface area (Å²) in [6.07, 6.45) is 4.95. The van der Waals surface area contributed by atoms with Gasteiger partial charge in [-0.15, -0.1) is 0 Å². The molecule has 1 aromatic carbocycles. The molecule has 4 aromatic rings. The maximum atomic E-state index is 13.1. The number of piperazine rings is 1. The molecule has 5 rings (SSSR count). The second-order valence-electron chi connectivity index (χ2n) is 8.72. The van der Waals surface area contributed by atoms with Crippen molar-refractivity contribution in [2.45, 2.75) is 0 Å². The summed E-state index contributed by atoms with van der Waals surface area (Å²) in [5, 5.41) is 16.8. The lowest BCUT2D eigenvalue weighted by molar-refractivity contribution is 0.102. The van der Waals surface area contributed by atoms with E-state index in [-0.39, 0.29) is 17.6 Å². The first kappa shape index (κ1) is 23.2. The third-order valence-electron chi connectivity index (χ3n) is 5.95. The Hall–Kier alpha value is -4.51. The maximum absolute atomic E-state index is 13.1. The summed E-state index contributed by atoms with van der Waals surface area (Å²) in [5.41, 5.74) is 3.83. The van der Waals surface area contributed by atoms with Crippen LogP contribution in [0.15, 0.2) is 55.0 Å². The van der Waals surface area contributed by atoms with Gasteiger partial charge in [0.2, 0.25) is 0 Å². The van der Waals surface area contributed by atoms with Gasteiger partial charge in [0.05, 0.1) is 29.3 Å². The average Bonchev–Trinajstić information content (AvgIpc) is 3.33. The topological polar surface area (TPSA) is 131 Å². The summed E-state index contributed by atoms with van der Waals surface area (Å²) in [7, 11) is 3.34. The molecule has 184 valence electrons. The molecule has 0 unspecified atom stereocenters. The van der Waals surface area contributed by atoms with Crippen LogP contribution >= 0.6 is 0 Å². The number of carbonyl (C=O) groups excluding carboxylic acids is 2. The van der Waals surface area contributed by atoms with E-state index in [1.807, 2.05) is 36.4 Å². The Balaban J connectivity index is 1.35. The highest BCUT2D eigenvalue weighted by molar-refractivity contribution is 6.11. The van der Waals surface area contributed by atoms with Gasteiger partial charge < -0.3 is 25.8 Å². The summed E-state index contributed by atoms with van der Waals surface area (Å²) in [6.45, 7) is 3.67. The van der Waals surface area contributed by atoms with Gasteiger partial charge in [-0.25, -0.2) is 9.78 Å². The summed E-state index contributed by atoms with van der Waals surface area (Å²) >= 11 is 0. The molecule has 3 amide bonds. The van der Waals surface area contributed by atoms with Crippen molar-refractivity contribution in [3.63, 3.8) is 0 Å². The molecule has 11 nitrogen and oxygen atoms in total. The molecule has 11 heteroatoms. The lowest BCUT2D eigenvalue weighted by atomic mass is 10.0. The van der Waals surface area contributed by atoms with Gasteiger partial charge in [0.25, 0.3) is 5.91 Å². The molecule has 1 fully saturated rings. The number of H-pyrrole nitrogens is 1. The van der Waals surface area contributed by atoms with Crippen molar-refractivity contribution in [2.24, 2.45) is 0 Å². The van der Waals surface area contributed by atoms with Crippen LogP contribution in [0.3, 0.4) is 0 Å². The van der Waals surface area contributed by atoms with Crippen LogP contribution in [0.4, 0.5) is 22.0 Å². The van der Waals surface area contributed by atoms with E-state index in [1.54, 1.807) is 32.7 Å². The van der Waals surface area contributed by atoms with Crippen LogP contribution in [-0.2, 0) is 0 Å². The summed E-state index contributed by atoms with van der Waals surface area (Å²) in [5.74, 6) is 0.558. The van der Waals surface area contributed by atoms with Crippen LogP contribution in [0.25, 0.3) is 22.0 Å². The number of hydrogen-bond acceptors (Lipinski definition) is 7. The first-order chi connectivity index (χ1) is 17.5. The van der Waals surface area contributed by atoms with E-state index in [4.69, 9.17) is 0 Å². The van der Waals surface area contributed by atoms with E-state index in [0.29, 0.717) is 16.8 Å². The number of aromatic amines is 1. The minimum atomic E-state index is -0.333. The molecule has 3 aromatic heterocycles. The van der Waals surface area contributed by atoms with Gasteiger partial charge in [0.15, 0.2) is 5.69 Å². The molecule has 36 heavy (non-hydrogen) atoms. The number of aromatic nitrogens is 4. The largest absolute Gasteiger partial charge is 0.354 e. The van der Waals surface area contributed by atoms with Gasteiger partial charge in [-0.05, 0) is 35.9 Å². The molecular formula is C25H27N9O2. The van der Waals surface area contributed by atoms with Gasteiger partial charge in [0, 0.05) is 57.4 Å². The highest BCUT2D eigenvalue weighted by atomic mass is 16.2. The second kappa shape index (κ2) is 10.0. The lowest BCUT2D eigenvalue weighted by Gasteiger charge is -2.28. The van der Waals surface area contributed by atoms with Crippen LogP contribution in [0.2, 0.25) is 0 Å². The van der Waals surface area contributed by atoms with Crippen molar-refractivity contribution in [1.29, 1.82) is 0 Å². The van der Waals surface area contributed by atoms with Crippen LogP contribution in [-0.4, -0.2) is 77.3 Å². The Morgan fingerprint density at radius 1 is 0.944 bits per heavy atom. The molecule has 0 bridgehead atoms. The quantitative estimate of drug-likeness (QED) is 0.342. The first-order valence-electron chi connectivity index (χ1n) is 11.6. The number of nitrogens with zero attached hydrogens (tertiary/aromatic N) is 5. The first-order valence-corrected chi connectivity index (χ1v) is 11.6. The van der Waals surface area contributed by atoms with E-state index in [1.165, 1.54) is 4.90 Å². The number of carbonyl (C=O) groups is 2. The van der Waals surface area contributed by atoms with Crippen LogP contribution in [0.5, 0.6) is 0 Å². The highest BCUT2D eigenvalue weighted by Crippen LogP contribution is 2.27. The number of rotatable bonds is 5. The lowest BCUT2D eigenvalue weighted by Crippen LogP contribution is -2.43. The van der Waals surface area contributed by atoms with E-state index in [2.05, 4.69) is 41.0 Å². The standard InChI is InChI=1S/C25H27N9O2/c1-33(2)25(36)30-19-11-17(13-27-14-19)16-3-5-21-20(12-16)23(32-31-21)24(35)29-18-4-6-22(28-15-18)34-9-7-26-8-10-34/h3-6,11-15,26H,7-10H2,1-2H3,(H,29,35)(H,30,36)(H,31,32). The van der Waals surface area contributed by atoms with E-state index in [0.717, 1.165) is 48.6 Å². The molecule has 0 spiro atoms. The SMILES string of the molecule is CN(C)C(=O)Nc1cncc(-c2ccc3[nH]nc(C(=O)Nc4ccc(N5CCNCC5)nc4)c3c2)c1.